The van der Waals surface area contributed by atoms with E-state index in [4.69, 9.17) is 0 Å². The topological polar surface area (TPSA) is 66.5 Å². The van der Waals surface area contributed by atoms with Gasteiger partial charge in [0.2, 0.25) is 5.95 Å². The first-order valence-corrected chi connectivity index (χ1v) is 6.02. The van der Waals surface area contributed by atoms with E-state index in [-0.39, 0.29) is 0 Å². The molecular weight excluding hydrogens is 238 g/mol. The first-order valence-electron chi connectivity index (χ1n) is 6.02. The standard InChI is InChI=1S/C14H13N5/c1-2-5-11(6-3-1)9-16-14-17-13(18-19-14)12-7-4-8-15-10-12/h1-8,10H,9H2,(H2,16,17,18,19). The van der Waals surface area contributed by atoms with Crippen molar-refractivity contribution in [2.75, 3.05) is 5.32 Å². The molecule has 0 aliphatic carbocycles. The lowest BCUT2D eigenvalue weighted by Crippen LogP contribution is -2.00. The molecule has 5 heteroatoms. The highest BCUT2D eigenvalue weighted by molar-refractivity contribution is 5.54. The number of aromatic amines is 1. The third-order valence-electron chi connectivity index (χ3n) is 2.71. The van der Waals surface area contributed by atoms with Gasteiger partial charge in [0.1, 0.15) is 0 Å². The minimum absolute atomic E-state index is 0.586. The Morgan fingerprint density at radius 2 is 1.95 bits per heavy atom. The first kappa shape index (κ1) is 11.4. The van der Waals surface area contributed by atoms with Crippen LogP contribution in [-0.4, -0.2) is 20.2 Å². The van der Waals surface area contributed by atoms with Crippen LogP contribution in [0.2, 0.25) is 0 Å². The van der Waals surface area contributed by atoms with Gasteiger partial charge in [0.25, 0.3) is 0 Å². The summed E-state index contributed by atoms with van der Waals surface area (Å²) in [5, 5.41) is 10.2. The summed E-state index contributed by atoms with van der Waals surface area (Å²) in [5.41, 5.74) is 2.11. The monoisotopic (exact) mass is 251 g/mol. The van der Waals surface area contributed by atoms with Crippen molar-refractivity contribution < 1.29 is 0 Å². The van der Waals surface area contributed by atoms with Crippen LogP contribution in [0.4, 0.5) is 5.95 Å². The highest BCUT2D eigenvalue weighted by Gasteiger charge is 2.04. The summed E-state index contributed by atoms with van der Waals surface area (Å²) in [4.78, 5) is 8.43. The molecule has 0 radical (unpaired) electrons. The second kappa shape index (κ2) is 5.30. The van der Waals surface area contributed by atoms with Crippen molar-refractivity contribution in [3.05, 3.63) is 60.4 Å². The van der Waals surface area contributed by atoms with Crippen LogP contribution in [0.5, 0.6) is 0 Å². The highest BCUT2D eigenvalue weighted by atomic mass is 15.3. The van der Waals surface area contributed by atoms with E-state index in [0.717, 1.165) is 5.56 Å². The third-order valence-corrected chi connectivity index (χ3v) is 2.71. The number of H-pyrrole nitrogens is 1. The third kappa shape index (κ3) is 2.77. The van der Waals surface area contributed by atoms with Crippen LogP contribution in [0.3, 0.4) is 0 Å². The molecule has 3 aromatic rings. The van der Waals surface area contributed by atoms with Crippen molar-refractivity contribution in [1.82, 2.24) is 20.2 Å². The van der Waals surface area contributed by atoms with E-state index < -0.39 is 0 Å². The maximum absolute atomic E-state index is 4.38. The number of hydrogen-bond donors (Lipinski definition) is 2. The summed E-state index contributed by atoms with van der Waals surface area (Å²) in [7, 11) is 0. The summed E-state index contributed by atoms with van der Waals surface area (Å²) in [6, 6.07) is 13.9. The average molecular weight is 251 g/mol. The molecule has 0 unspecified atom stereocenters. The molecule has 0 spiro atoms. The van der Waals surface area contributed by atoms with E-state index in [2.05, 4.69) is 37.6 Å². The number of pyridine rings is 1. The van der Waals surface area contributed by atoms with Crippen LogP contribution >= 0.6 is 0 Å². The normalized spacial score (nSPS) is 10.3. The van der Waals surface area contributed by atoms with Crippen molar-refractivity contribution in [2.45, 2.75) is 6.54 Å². The molecule has 0 atom stereocenters. The van der Waals surface area contributed by atoms with Gasteiger partial charge in [-0.15, -0.1) is 5.10 Å². The lowest BCUT2D eigenvalue weighted by Gasteiger charge is -2.00. The Morgan fingerprint density at radius 1 is 1.05 bits per heavy atom. The number of anilines is 1. The van der Waals surface area contributed by atoms with Gasteiger partial charge in [-0.25, -0.2) is 0 Å². The smallest absolute Gasteiger partial charge is 0.242 e. The lowest BCUT2D eigenvalue weighted by atomic mass is 10.2. The molecule has 94 valence electrons. The largest absolute Gasteiger partial charge is 0.349 e. The van der Waals surface area contributed by atoms with Gasteiger partial charge < -0.3 is 5.32 Å². The zero-order valence-electron chi connectivity index (χ0n) is 10.2. The Balaban J connectivity index is 1.69. The van der Waals surface area contributed by atoms with Crippen LogP contribution in [0.25, 0.3) is 11.4 Å². The fourth-order valence-corrected chi connectivity index (χ4v) is 1.75. The van der Waals surface area contributed by atoms with Gasteiger partial charge in [-0.1, -0.05) is 30.3 Å². The van der Waals surface area contributed by atoms with Crippen molar-refractivity contribution in [3.8, 4) is 11.4 Å². The molecule has 0 saturated heterocycles. The fraction of sp³-hybridized carbons (Fsp3) is 0.0714. The van der Waals surface area contributed by atoms with Crippen LogP contribution in [-0.2, 0) is 6.54 Å². The Bertz CT molecular complexity index is 633. The van der Waals surface area contributed by atoms with Gasteiger partial charge in [-0.2, -0.15) is 4.98 Å². The minimum Gasteiger partial charge on any atom is -0.349 e. The predicted octanol–water partition coefficient (Wildman–Crippen LogP) is 2.48. The van der Waals surface area contributed by atoms with Crippen LogP contribution in [0.1, 0.15) is 5.56 Å². The molecule has 3 rings (SSSR count). The molecule has 19 heavy (non-hydrogen) atoms. The number of nitrogens with zero attached hydrogens (tertiary/aromatic N) is 3. The van der Waals surface area contributed by atoms with E-state index in [9.17, 15) is 0 Å². The molecule has 2 N–H and O–H groups in total. The van der Waals surface area contributed by atoms with Crippen LogP contribution < -0.4 is 5.32 Å². The highest BCUT2D eigenvalue weighted by Crippen LogP contribution is 2.14. The fourth-order valence-electron chi connectivity index (χ4n) is 1.75. The zero-order chi connectivity index (χ0) is 12.9. The van der Waals surface area contributed by atoms with E-state index in [0.29, 0.717) is 18.3 Å². The number of aromatic nitrogens is 4. The first-order chi connectivity index (χ1) is 9.42. The molecule has 2 heterocycles. The Labute approximate surface area is 110 Å². The molecule has 0 amide bonds. The Hall–Kier alpha value is -2.69. The van der Waals surface area contributed by atoms with Gasteiger partial charge in [-0.3, -0.25) is 10.1 Å². The molecule has 0 aliphatic rings. The van der Waals surface area contributed by atoms with Crippen LogP contribution in [0.15, 0.2) is 54.9 Å². The minimum atomic E-state index is 0.586. The molecule has 1 aromatic carbocycles. The maximum Gasteiger partial charge on any atom is 0.242 e. The quantitative estimate of drug-likeness (QED) is 0.747. The van der Waals surface area contributed by atoms with Crippen molar-refractivity contribution >= 4 is 5.95 Å². The zero-order valence-corrected chi connectivity index (χ0v) is 10.2. The van der Waals surface area contributed by atoms with E-state index in [1.165, 1.54) is 5.56 Å². The molecule has 2 aromatic heterocycles. The number of benzene rings is 1. The number of rotatable bonds is 4. The molecule has 5 nitrogen and oxygen atoms in total. The second-order valence-corrected chi connectivity index (χ2v) is 4.09. The van der Waals surface area contributed by atoms with E-state index >= 15 is 0 Å². The Kier molecular flexibility index (Phi) is 3.18. The van der Waals surface area contributed by atoms with E-state index in [1.807, 2.05) is 30.3 Å². The van der Waals surface area contributed by atoms with Gasteiger partial charge in [-0.05, 0) is 17.7 Å². The SMILES string of the molecule is c1ccc(CNc2n[nH]c(-c3cccnc3)n2)cc1. The maximum atomic E-state index is 4.38. The Morgan fingerprint density at radius 3 is 2.74 bits per heavy atom. The van der Waals surface area contributed by atoms with Crippen molar-refractivity contribution in [1.29, 1.82) is 0 Å². The van der Waals surface area contributed by atoms with Gasteiger partial charge in [0.05, 0.1) is 0 Å². The van der Waals surface area contributed by atoms with Gasteiger partial charge in [0.15, 0.2) is 5.82 Å². The molecule has 0 fully saturated rings. The van der Waals surface area contributed by atoms with E-state index in [1.54, 1.807) is 12.4 Å². The average Bonchev–Trinajstić information content (AvgIpc) is 2.96. The summed E-state index contributed by atoms with van der Waals surface area (Å²) >= 11 is 0. The molecule has 0 bridgehead atoms. The number of hydrogen-bond acceptors (Lipinski definition) is 4. The number of nitrogens with one attached hydrogen (secondary N) is 2. The summed E-state index contributed by atoms with van der Waals surface area (Å²) in [5.74, 6) is 1.30. The van der Waals surface area contributed by atoms with Crippen molar-refractivity contribution in [2.24, 2.45) is 0 Å². The molecule has 0 aliphatic heterocycles. The second-order valence-electron chi connectivity index (χ2n) is 4.09. The molecular formula is C14H13N5. The predicted molar refractivity (Wildman–Crippen MR) is 73.4 cm³/mol. The summed E-state index contributed by atoms with van der Waals surface area (Å²) in [6.07, 6.45) is 3.48. The lowest BCUT2D eigenvalue weighted by molar-refractivity contribution is 1.04. The van der Waals surface area contributed by atoms with Crippen molar-refractivity contribution in [3.63, 3.8) is 0 Å². The summed E-state index contributed by atoms with van der Waals surface area (Å²) < 4.78 is 0. The summed E-state index contributed by atoms with van der Waals surface area (Å²) in [6.45, 7) is 0.700. The van der Waals surface area contributed by atoms with Crippen LogP contribution in [0, 0.1) is 0 Å². The van der Waals surface area contributed by atoms with Gasteiger partial charge >= 0.3 is 0 Å². The van der Waals surface area contributed by atoms with Gasteiger partial charge in [0, 0.05) is 24.5 Å². The molecule has 0 saturated carbocycles.